The Bertz CT molecular complexity index is 313. The molecule has 0 radical (unpaired) electrons. The van der Waals surface area contributed by atoms with E-state index in [-0.39, 0.29) is 24.2 Å². The van der Waals surface area contributed by atoms with Crippen molar-refractivity contribution in [3.63, 3.8) is 0 Å². The molecule has 5 heteroatoms. The van der Waals surface area contributed by atoms with E-state index in [1.807, 2.05) is 0 Å². The third-order valence-electron chi connectivity index (χ3n) is 3.89. The molecule has 0 atom stereocenters. The smallest absolute Gasteiger partial charge is 0.223 e. The molecule has 1 fully saturated rings. The lowest BCUT2D eigenvalue weighted by Crippen LogP contribution is -2.39. The summed E-state index contributed by atoms with van der Waals surface area (Å²) in [7, 11) is 0. The van der Waals surface area contributed by atoms with Crippen LogP contribution in [0.5, 0.6) is 0 Å². The summed E-state index contributed by atoms with van der Waals surface area (Å²) in [6, 6.07) is 0. The molecule has 1 amide bonds. The van der Waals surface area contributed by atoms with Gasteiger partial charge in [-0.25, -0.2) is 0 Å². The second-order valence-corrected chi connectivity index (χ2v) is 6.22. The molecule has 0 unspecified atom stereocenters. The Labute approximate surface area is 109 Å². The normalized spacial score (nSPS) is 25.8. The second-order valence-electron chi connectivity index (χ2n) is 6.22. The van der Waals surface area contributed by atoms with Gasteiger partial charge < -0.3 is 16.3 Å². The quantitative estimate of drug-likeness (QED) is 0.310. The van der Waals surface area contributed by atoms with E-state index < -0.39 is 0 Å². The maximum atomic E-state index is 11.9. The van der Waals surface area contributed by atoms with Gasteiger partial charge >= 0.3 is 0 Å². The summed E-state index contributed by atoms with van der Waals surface area (Å²) in [6.45, 7) is 6.90. The molecule has 4 N–H and O–H groups in total. The number of hydrogen-bond donors (Lipinski definition) is 3. The number of carbonyl (C=O) groups excluding carboxylic acids is 1. The SMILES string of the molecule is CC(C)(C)C1CCC(C(=O)NCC(N)=NO)CC1. The predicted molar refractivity (Wildman–Crippen MR) is 71.3 cm³/mol. The molecule has 1 aliphatic rings. The fourth-order valence-corrected chi connectivity index (χ4v) is 2.58. The van der Waals surface area contributed by atoms with Crippen LogP contribution in [0.15, 0.2) is 5.16 Å². The predicted octanol–water partition coefficient (Wildman–Crippen LogP) is 1.70. The van der Waals surface area contributed by atoms with Crippen molar-refractivity contribution in [2.24, 2.45) is 28.1 Å². The molecular formula is C13H25N3O2. The number of carbonyl (C=O) groups is 1. The topological polar surface area (TPSA) is 87.7 Å². The largest absolute Gasteiger partial charge is 0.409 e. The highest BCUT2D eigenvalue weighted by atomic mass is 16.4. The van der Waals surface area contributed by atoms with Crippen LogP contribution in [0.2, 0.25) is 0 Å². The molecule has 0 saturated heterocycles. The third-order valence-corrected chi connectivity index (χ3v) is 3.89. The summed E-state index contributed by atoms with van der Waals surface area (Å²) in [5, 5.41) is 13.9. The van der Waals surface area contributed by atoms with Gasteiger partial charge in [0.2, 0.25) is 5.91 Å². The monoisotopic (exact) mass is 255 g/mol. The maximum absolute atomic E-state index is 11.9. The average molecular weight is 255 g/mol. The minimum absolute atomic E-state index is 0.0222. The van der Waals surface area contributed by atoms with Crippen LogP contribution in [0.25, 0.3) is 0 Å². The summed E-state index contributed by atoms with van der Waals surface area (Å²) in [6.07, 6.45) is 4.07. The van der Waals surface area contributed by atoms with Crippen LogP contribution in [-0.4, -0.2) is 23.5 Å². The Morgan fingerprint density at radius 2 is 1.89 bits per heavy atom. The van der Waals surface area contributed by atoms with E-state index in [1.165, 1.54) is 0 Å². The zero-order chi connectivity index (χ0) is 13.8. The lowest BCUT2D eigenvalue weighted by Gasteiger charge is -2.36. The van der Waals surface area contributed by atoms with Gasteiger partial charge in [0.1, 0.15) is 0 Å². The van der Waals surface area contributed by atoms with Crippen molar-refractivity contribution in [3.05, 3.63) is 0 Å². The van der Waals surface area contributed by atoms with E-state index in [0.717, 1.165) is 25.7 Å². The van der Waals surface area contributed by atoms with E-state index in [4.69, 9.17) is 10.9 Å². The van der Waals surface area contributed by atoms with Crippen molar-refractivity contribution in [1.82, 2.24) is 5.32 Å². The zero-order valence-corrected chi connectivity index (χ0v) is 11.6. The number of amides is 1. The number of oxime groups is 1. The number of nitrogens with two attached hydrogens (primary N) is 1. The average Bonchev–Trinajstić information content (AvgIpc) is 2.34. The van der Waals surface area contributed by atoms with Crippen molar-refractivity contribution in [3.8, 4) is 0 Å². The molecular weight excluding hydrogens is 230 g/mol. The third kappa shape index (κ3) is 4.20. The number of nitrogens with one attached hydrogen (secondary N) is 1. The molecule has 104 valence electrons. The first-order valence-electron chi connectivity index (χ1n) is 6.58. The zero-order valence-electron chi connectivity index (χ0n) is 11.6. The van der Waals surface area contributed by atoms with E-state index >= 15 is 0 Å². The van der Waals surface area contributed by atoms with Crippen molar-refractivity contribution in [2.75, 3.05) is 6.54 Å². The van der Waals surface area contributed by atoms with Crippen LogP contribution in [0, 0.1) is 17.3 Å². The van der Waals surface area contributed by atoms with E-state index in [9.17, 15) is 4.79 Å². The van der Waals surface area contributed by atoms with E-state index in [2.05, 4.69) is 31.2 Å². The Morgan fingerprint density at radius 1 is 1.33 bits per heavy atom. The molecule has 0 bridgehead atoms. The molecule has 0 aliphatic heterocycles. The van der Waals surface area contributed by atoms with Crippen LogP contribution >= 0.6 is 0 Å². The fraction of sp³-hybridized carbons (Fsp3) is 0.846. The number of amidine groups is 1. The van der Waals surface area contributed by atoms with Crippen LogP contribution in [-0.2, 0) is 4.79 Å². The van der Waals surface area contributed by atoms with Crippen LogP contribution in [0.1, 0.15) is 46.5 Å². The number of hydrogen-bond acceptors (Lipinski definition) is 3. The number of rotatable bonds is 3. The van der Waals surface area contributed by atoms with Crippen LogP contribution in [0.3, 0.4) is 0 Å². The van der Waals surface area contributed by atoms with Crippen LogP contribution < -0.4 is 11.1 Å². The maximum Gasteiger partial charge on any atom is 0.223 e. The molecule has 0 aromatic rings. The molecule has 5 nitrogen and oxygen atoms in total. The molecule has 1 aliphatic carbocycles. The van der Waals surface area contributed by atoms with Crippen molar-refractivity contribution in [2.45, 2.75) is 46.5 Å². The lowest BCUT2D eigenvalue weighted by molar-refractivity contribution is -0.126. The van der Waals surface area contributed by atoms with Crippen molar-refractivity contribution < 1.29 is 10.0 Å². The molecule has 0 spiro atoms. The van der Waals surface area contributed by atoms with Gasteiger partial charge in [-0.15, -0.1) is 0 Å². The highest BCUT2D eigenvalue weighted by Gasteiger charge is 2.32. The standard InChI is InChI=1S/C13H25N3O2/c1-13(2,3)10-6-4-9(5-7-10)12(17)15-8-11(14)16-18/h9-10,18H,4-8H2,1-3H3,(H2,14,16)(H,15,17). The van der Waals surface area contributed by atoms with Gasteiger partial charge in [-0.1, -0.05) is 25.9 Å². The first kappa shape index (κ1) is 14.8. The molecule has 0 aromatic carbocycles. The summed E-state index contributed by atoms with van der Waals surface area (Å²) in [5.41, 5.74) is 5.64. The molecule has 18 heavy (non-hydrogen) atoms. The Morgan fingerprint density at radius 3 is 2.33 bits per heavy atom. The van der Waals surface area contributed by atoms with Crippen molar-refractivity contribution in [1.29, 1.82) is 0 Å². The minimum atomic E-state index is 0.0222. The highest BCUT2D eigenvalue weighted by Crippen LogP contribution is 2.39. The van der Waals surface area contributed by atoms with Gasteiger partial charge in [0.15, 0.2) is 5.84 Å². The first-order valence-corrected chi connectivity index (χ1v) is 6.58. The van der Waals surface area contributed by atoms with Crippen LogP contribution in [0.4, 0.5) is 0 Å². The molecule has 1 saturated carbocycles. The van der Waals surface area contributed by atoms with Gasteiger partial charge in [0, 0.05) is 5.92 Å². The van der Waals surface area contributed by atoms with E-state index in [1.54, 1.807) is 0 Å². The Hall–Kier alpha value is -1.26. The highest BCUT2D eigenvalue weighted by molar-refractivity contribution is 5.87. The second kappa shape index (κ2) is 6.07. The van der Waals surface area contributed by atoms with Gasteiger partial charge in [0.05, 0.1) is 6.54 Å². The van der Waals surface area contributed by atoms with E-state index in [0.29, 0.717) is 11.3 Å². The van der Waals surface area contributed by atoms with Gasteiger partial charge in [-0.2, -0.15) is 0 Å². The summed E-state index contributed by atoms with van der Waals surface area (Å²) < 4.78 is 0. The van der Waals surface area contributed by atoms with Crippen molar-refractivity contribution >= 4 is 11.7 Å². The number of nitrogens with zero attached hydrogens (tertiary/aromatic N) is 1. The Kier molecular flexibility index (Phi) is 4.99. The summed E-state index contributed by atoms with van der Waals surface area (Å²) in [5.74, 6) is 0.835. The molecule has 0 heterocycles. The van der Waals surface area contributed by atoms with Gasteiger partial charge in [-0.05, 0) is 37.0 Å². The lowest BCUT2D eigenvalue weighted by atomic mass is 9.70. The van der Waals surface area contributed by atoms with Gasteiger partial charge in [0.25, 0.3) is 0 Å². The molecule has 1 rings (SSSR count). The van der Waals surface area contributed by atoms with Gasteiger partial charge in [-0.3, -0.25) is 4.79 Å². The summed E-state index contributed by atoms with van der Waals surface area (Å²) in [4.78, 5) is 11.9. The summed E-state index contributed by atoms with van der Waals surface area (Å²) >= 11 is 0. The first-order chi connectivity index (χ1) is 8.34. The minimum Gasteiger partial charge on any atom is -0.409 e. The fourth-order valence-electron chi connectivity index (χ4n) is 2.58. The Balaban J connectivity index is 2.36. The molecule has 0 aromatic heterocycles.